The minimum Gasteiger partial charge on any atom is -0.369 e. The summed E-state index contributed by atoms with van der Waals surface area (Å²) >= 11 is 2.33. The van der Waals surface area contributed by atoms with E-state index in [0.717, 1.165) is 11.0 Å². The third-order valence-electron chi connectivity index (χ3n) is 0.920. The Labute approximate surface area is 51.2 Å². The molecule has 36 valence electrons. The van der Waals surface area contributed by atoms with E-state index in [1.165, 1.54) is 0 Å². The van der Waals surface area contributed by atoms with Gasteiger partial charge in [-0.25, -0.2) is 0 Å². The SMILES string of the molecule is CC1(CI)CO1. The average molecular weight is 198 g/mol. The maximum absolute atomic E-state index is 5.04. The van der Waals surface area contributed by atoms with Crippen LogP contribution in [0.4, 0.5) is 0 Å². The van der Waals surface area contributed by atoms with Crippen LogP contribution in [0, 0.1) is 0 Å². The van der Waals surface area contributed by atoms with Gasteiger partial charge in [-0.2, -0.15) is 0 Å². The number of ether oxygens (including phenoxy) is 1. The Balaban J connectivity index is 2.28. The van der Waals surface area contributed by atoms with Crippen LogP contribution in [-0.2, 0) is 4.74 Å². The summed E-state index contributed by atoms with van der Waals surface area (Å²) in [6, 6.07) is 0. The Morgan fingerprint density at radius 3 is 2.50 bits per heavy atom. The number of hydrogen-bond donors (Lipinski definition) is 0. The van der Waals surface area contributed by atoms with Gasteiger partial charge in [-0.1, -0.05) is 22.6 Å². The van der Waals surface area contributed by atoms with E-state index in [0.29, 0.717) is 0 Å². The summed E-state index contributed by atoms with van der Waals surface area (Å²) in [5.41, 5.74) is 0.278. The molecule has 2 heteroatoms. The highest BCUT2D eigenvalue weighted by Crippen LogP contribution is 2.27. The van der Waals surface area contributed by atoms with Crippen molar-refractivity contribution in [2.75, 3.05) is 11.0 Å². The van der Waals surface area contributed by atoms with E-state index in [4.69, 9.17) is 4.74 Å². The molecule has 0 aromatic carbocycles. The van der Waals surface area contributed by atoms with E-state index < -0.39 is 0 Å². The lowest BCUT2D eigenvalue weighted by molar-refractivity contribution is 0.351. The molecule has 1 nitrogen and oxygen atoms in total. The first-order chi connectivity index (χ1) is 2.77. The van der Waals surface area contributed by atoms with Crippen LogP contribution in [0.3, 0.4) is 0 Å². The van der Waals surface area contributed by atoms with Crippen LogP contribution in [0.25, 0.3) is 0 Å². The van der Waals surface area contributed by atoms with Crippen LogP contribution in [0.5, 0.6) is 0 Å². The Morgan fingerprint density at radius 2 is 2.50 bits per heavy atom. The molecule has 1 atom stereocenters. The maximum Gasteiger partial charge on any atom is 0.0977 e. The Kier molecular flexibility index (Phi) is 1.08. The van der Waals surface area contributed by atoms with E-state index in [9.17, 15) is 0 Å². The molecule has 0 radical (unpaired) electrons. The standard InChI is InChI=1S/C4H7IO/c1-4(2-5)3-6-4/h2-3H2,1H3. The van der Waals surface area contributed by atoms with Crippen molar-refractivity contribution in [3.05, 3.63) is 0 Å². The summed E-state index contributed by atoms with van der Waals surface area (Å²) in [5, 5.41) is 0. The molecule has 0 amide bonds. The first kappa shape index (κ1) is 4.84. The van der Waals surface area contributed by atoms with E-state index in [1.807, 2.05) is 0 Å². The van der Waals surface area contributed by atoms with Gasteiger partial charge in [0.15, 0.2) is 0 Å². The molecule has 6 heavy (non-hydrogen) atoms. The summed E-state index contributed by atoms with van der Waals surface area (Å²) in [6.45, 7) is 3.09. The monoisotopic (exact) mass is 198 g/mol. The average Bonchev–Trinajstić information content (AvgIpc) is 2.22. The van der Waals surface area contributed by atoms with E-state index in [-0.39, 0.29) is 5.60 Å². The second kappa shape index (κ2) is 1.33. The van der Waals surface area contributed by atoms with Gasteiger partial charge < -0.3 is 4.74 Å². The molecule has 0 saturated carbocycles. The van der Waals surface area contributed by atoms with Crippen LogP contribution in [0.1, 0.15) is 6.92 Å². The van der Waals surface area contributed by atoms with Gasteiger partial charge in [0.2, 0.25) is 0 Å². The highest BCUT2D eigenvalue weighted by molar-refractivity contribution is 14.1. The summed E-state index contributed by atoms with van der Waals surface area (Å²) in [6.07, 6.45) is 0. The molecule has 1 unspecified atom stereocenters. The highest BCUT2D eigenvalue weighted by atomic mass is 127. The number of epoxide rings is 1. The molecular weight excluding hydrogens is 191 g/mol. The topological polar surface area (TPSA) is 12.5 Å². The van der Waals surface area contributed by atoms with Crippen molar-refractivity contribution in [3.63, 3.8) is 0 Å². The van der Waals surface area contributed by atoms with Crippen molar-refractivity contribution < 1.29 is 4.74 Å². The van der Waals surface area contributed by atoms with Crippen LogP contribution < -0.4 is 0 Å². The quantitative estimate of drug-likeness (QED) is 0.350. The van der Waals surface area contributed by atoms with E-state index in [2.05, 4.69) is 29.5 Å². The first-order valence-corrected chi connectivity index (χ1v) is 3.49. The number of hydrogen-bond acceptors (Lipinski definition) is 1. The molecule has 1 fully saturated rings. The van der Waals surface area contributed by atoms with Crippen molar-refractivity contribution in [1.29, 1.82) is 0 Å². The number of halogens is 1. The van der Waals surface area contributed by atoms with Gasteiger partial charge in [-0.3, -0.25) is 0 Å². The van der Waals surface area contributed by atoms with Gasteiger partial charge in [0.1, 0.15) is 0 Å². The molecule has 1 saturated heterocycles. The maximum atomic E-state index is 5.04. The molecule has 0 bridgehead atoms. The lowest BCUT2D eigenvalue weighted by Gasteiger charge is -1.90. The molecule has 1 heterocycles. The molecular formula is C4H7IO. The van der Waals surface area contributed by atoms with Crippen LogP contribution in [0.15, 0.2) is 0 Å². The summed E-state index contributed by atoms with van der Waals surface area (Å²) in [7, 11) is 0. The largest absolute Gasteiger partial charge is 0.369 e. The normalized spacial score (nSPS) is 43.0. The Morgan fingerprint density at radius 1 is 2.00 bits per heavy atom. The van der Waals surface area contributed by atoms with E-state index >= 15 is 0 Å². The van der Waals surface area contributed by atoms with Crippen molar-refractivity contribution >= 4 is 22.6 Å². The van der Waals surface area contributed by atoms with Gasteiger partial charge in [-0.05, 0) is 6.92 Å². The molecule has 1 rings (SSSR count). The molecule has 1 aliphatic heterocycles. The highest BCUT2D eigenvalue weighted by Gasteiger charge is 2.37. The Hall–Kier alpha value is 0.690. The smallest absolute Gasteiger partial charge is 0.0977 e. The molecule has 0 aromatic heterocycles. The first-order valence-electron chi connectivity index (χ1n) is 1.97. The summed E-state index contributed by atoms with van der Waals surface area (Å²) in [5.74, 6) is 0. The van der Waals surface area contributed by atoms with Crippen molar-refractivity contribution in [1.82, 2.24) is 0 Å². The summed E-state index contributed by atoms with van der Waals surface area (Å²) in [4.78, 5) is 0. The fourth-order valence-electron chi connectivity index (χ4n) is 0.200. The molecule has 0 aromatic rings. The van der Waals surface area contributed by atoms with Gasteiger partial charge in [0.25, 0.3) is 0 Å². The fourth-order valence-corrected chi connectivity index (χ4v) is 0.641. The zero-order valence-corrected chi connectivity index (χ0v) is 5.86. The molecule has 0 spiro atoms. The minimum atomic E-state index is 0.278. The van der Waals surface area contributed by atoms with Gasteiger partial charge >= 0.3 is 0 Å². The summed E-state index contributed by atoms with van der Waals surface area (Å²) < 4.78 is 6.17. The zero-order chi connectivity index (χ0) is 4.62. The third kappa shape index (κ3) is 0.846. The molecule has 0 aliphatic carbocycles. The van der Waals surface area contributed by atoms with Crippen molar-refractivity contribution in [2.45, 2.75) is 12.5 Å². The second-order valence-corrected chi connectivity index (χ2v) is 2.64. The van der Waals surface area contributed by atoms with Crippen molar-refractivity contribution in [3.8, 4) is 0 Å². The molecule has 0 N–H and O–H groups in total. The van der Waals surface area contributed by atoms with Crippen LogP contribution >= 0.6 is 22.6 Å². The number of alkyl halides is 1. The lowest BCUT2D eigenvalue weighted by atomic mass is 10.3. The second-order valence-electron chi connectivity index (χ2n) is 1.87. The third-order valence-corrected chi connectivity index (χ3v) is 2.53. The molecule has 1 aliphatic rings. The zero-order valence-electron chi connectivity index (χ0n) is 3.70. The van der Waals surface area contributed by atoms with Crippen LogP contribution in [0.2, 0.25) is 0 Å². The van der Waals surface area contributed by atoms with Gasteiger partial charge in [0, 0.05) is 4.43 Å². The van der Waals surface area contributed by atoms with E-state index in [1.54, 1.807) is 0 Å². The number of rotatable bonds is 1. The lowest BCUT2D eigenvalue weighted by Crippen LogP contribution is -2.03. The van der Waals surface area contributed by atoms with Crippen LogP contribution in [-0.4, -0.2) is 16.6 Å². The van der Waals surface area contributed by atoms with Gasteiger partial charge in [-0.15, -0.1) is 0 Å². The predicted octanol–water partition coefficient (Wildman–Crippen LogP) is 1.21. The van der Waals surface area contributed by atoms with Crippen molar-refractivity contribution in [2.24, 2.45) is 0 Å². The fraction of sp³-hybridized carbons (Fsp3) is 1.00. The minimum absolute atomic E-state index is 0.278. The Bertz CT molecular complexity index is 58.6. The van der Waals surface area contributed by atoms with Gasteiger partial charge in [0.05, 0.1) is 12.2 Å². The predicted molar refractivity (Wildman–Crippen MR) is 33.2 cm³/mol.